The number of hydrogen-bond acceptors (Lipinski definition) is 4. The lowest BCUT2D eigenvalue weighted by atomic mass is 9.81. The van der Waals surface area contributed by atoms with Crippen LogP contribution in [0.25, 0.3) is 0 Å². The zero-order valence-electron chi connectivity index (χ0n) is 15.5. The smallest absolute Gasteiger partial charge is 0.407 e. The average Bonchev–Trinajstić information content (AvgIpc) is 2.87. The number of nitrogens with one attached hydrogen (secondary N) is 1. The summed E-state index contributed by atoms with van der Waals surface area (Å²) in [5.74, 6) is 0.229. The topological polar surface area (TPSA) is 71.3 Å². The summed E-state index contributed by atoms with van der Waals surface area (Å²) < 4.78 is 10.7. The number of carbonyl (C=O) groups excluding carboxylic acids is 1. The van der Waals surface area contributed by atoms with E-state index in [-0.39, 0.29) is 17.9 Å². The summed E-state index contributed by atoms with van der Waals surface area (Å²) >= 11 is 0. The molecule has 2 rings (SSSR count). The Labute approximate surface area is 150 Å². The van der Waals surface area contributed by atoms with Gasteiger partial charge in [0.15, 0.2) is 0 Å². The number of carbonyl (C=O) groups is 1. The van der Waals surface area contributed by atoms with Gasteiger partial charge in [0, 0.05) is 32.1 Å². The summed E-state index contributed by atoms with van der Waals surface area (Å²) in [6.07, 6.45) is 1.58. The molecule has 0 bridgehead atoms. The molecule has 0 saturated carbocycles. The first-order chi connectivity index (χ1) is 11.9. The number of nitrogens with zero attached hydrogens (tertiary/aromatic N) is 1. The van der Waals surface area contributed by atoms with Crippen LogP contribution in [0, 0.1) is 17.2 Å². The highest BCUT2D eigenvalue weighted by Crippen LogP contribution is 2.41. The van der Waals surface area contributed by atoms with Gasteiger partial charge in [-0.3, -0.25) is 0 Å². The largest absolute Gasteiger partial charge is 0.444 e. The maximum Gasteiger partial charge on any atom is 0.407 e. The van der Waals surface area contributed by atoms with Crippen LogP contribution in [0.2, 0.25) is 0 Å². The third-order valence-electron chi connectivity index (χ3n) is 4.54. The third-order valence-corrected chi connectivity index (χ3v) is 4.54. The Bertz CT molecular complexity index is 631. The molecule has 2 unspecified atom stereocenters. The Morgan fingerprint density at radius 3 is 2.76 bits per heavy atom. The second kappa shape index (κ2) is 8.35. The lowest BCUT2D eigenvalue weighted by Gasteiger charge is -2.29. The van der Waals surface area contributed by atoms with E-state index >= 15 is 0 Å². The standard InChI is InChI=1S/C20H28N2O3/c1-20(2,3)25-19(23)22-17-13-15-7-5-6-8-16(15)18(17)14(9-11-21)10-12-24-4/h5-8,14,17-18H,9-10,12-13H2,1-4H3,(H,22,23)/t14?,17?,18-/m1/s1. The molecule has 0 spiro atoms. The molecule has 0 heterocycles. The van der Waals surface area contributed by atoms with Crippen molar-refractivity contribution in [1.29, 1.82) is 5.26 Å². The Kier molecular flexibility index (Phi) is 6.44. The summed E-state index contributed by atoms with van der Waals surface area (Å²) in [5.41, 5.74) is 1.92. The fraction of sp³-hybridized carbons (Fsp3) is 0.600. The predicted octanol–water partition coefficient (Wildman–Crippen LogP) is 3.79. The predicted molar refractivity (Wildman–Crippen MR) is 96.3 cm³/mol. The van der Waals surface area contributed by atoms with E-state index in [1.165, 1.54) is 11.1 Å². The molecule has 1 aromatic carbocycles. The van der Waals surface area contributed by atoms with Crippen LogP contribution in [0.5, 0.6) is 0 Å². The highest BCUT2D eigenvalue weighted by Gasteiger charge is 2.38. The number of benzene rings is 1. The number of ether oxygens (including phenoxy) is 2. The van der Waals surface area contributed by atoms with Gasteiger partial charge in [0.25, 0.3) is 0 Å². The highest BCUT2D eigenvalue weighted by molar-refractivity contribution is 5.68. The lowest BCUT2D eigenvalue weighted by Crippen LogP contribution is -2.43. The average molecular weight is 344 g/mol. The maximum atomic E-state index is 12.3. The number of hydrogen-bond donors (Lipinski definition) is 1. The summed E-state index contributed by atoms with van der Waals surface area (Å²) in [5, 5.41) is 12.3. The second-order valence-corrected chi connectivity index (χ2v) is 7.59. The van der Waals surface area contributed by atoms with E-state index in [0.29, 0.717) is 13.0 Å². The zero-order valence-corrected chi connectivity index (χ0v) is 15.5. The quantitative estimate of drug-likeness (QED) is 0.852. The minimum atomic E-state index is -0.535. The van der Waals surface area contributed by atoms with Crippen molar-refractivity contribution in [2.75, 3.05) is 13.7 Å². The molecule has 0 aromatic heterocycles. The van der Waals surface area contributed by atoms with Gasteiger partial charge < -0.3 is 14.8 Å². The molecule has 0 aliphatic heterocycles. The SMILES string of the molecule is COCCC(CC#N)[C@@H]1c2ccccc2CC1NC(=O)OC(C)(C)C. The molecule has 136 valence electrons. The van der Waals surface area contributed by atoms with Crippen molar-refractivity contribution in [1.82, 2.24) is 5.32 Å². The highest BCUT2D eigenvalue weighted by atomic mass is 16.6. The van der Waals surface area contributed by atoms with Crippen LogP contribution in [0.1, 0.15) is 50.7 Å². The summed E-state index contributed by atoms with van der Waals surface area (Å²) in [7, 11) is 1.67. The Morgan fingerprint density at radius 2 is 2.12 bits per heavy atom. The van der Waals surface area contributed by atoms with E-state index in [1.807, 2.05) is 32.9 Å². The van der Waals surface area contributed by atoms with Crippen LogP contribution in [0.15, 0.2) is 24.3 Å². The molecule has 3 atom stereocenters. The first-order valence-electron chi connectivity index (χ1n) is 8.79. The van der Waals surface area contributed by atoms with Crippen molar-refractivity contribution in [3.05, 3.63) is 35.4 Å². The summed E-state index contributed by atoms with van der Waals surface area (Å²) in [6.45, 7) is 6.16. The van der Waals surface area contributed by atoms with Crippen LogP contribution in [-0.4, -0.2) is 31.5 Å². The molecule has 1 aromatic rings. The number of methoxy groups -OCH3 is 1. The van der Waals surface area contributed by atoms with Crippen molar-refractivity contribution in [3.8, 4) is 6.07 Å². The fourth-order valence-corrected chi connectivity index (χ4v) is 3.60. The van der Waals surface area contributed by atoms with E-state index in [9.17, 15) is 10.1 Å². The molecule has 1 aliphatic rings. The zero-order chi connectivity index (χ0) is 18.4. The van der Waals surface area contributed by atoms with Crippen molar-refractivity contribution in [2.45, 2.75) is 57.6 Å². The van der Waals surface area contributed by atoms with E-state index in [4.69, 9.17) is 9.47 Å². The van der Waals surface area contributed by atoms with Crippen LogP contribution in [0.4, 0.5) is 4.79 Å². The van der Waals surface area contributed by atoms with E-state index in [1.54, 1.807) is 7.11 Å². The molecule has 25 heavy (non-hydrogen) atoms. The van der Waals surface area contributed by atoms with Crippen LogP contribution >= 0.6 is 0 Å². The van der Waals surface area contributed by atoms with Crippen molar-refractivity contribution >= 4 is 6.09 Å². The molecule has 1 N–H and O–H groups in total. The fourth-order valence-electron chi connectivity index (χ4n) is 3.60. The van der Waals surface area contributed by atoms with E-state index in [2.05, 4.69) is 23.5 Å². The molecule has 0 fully saturated rings. The normalized spacial score (nSPS) is 20.4. The first kappa shape index (κ1) is 19.3. The van der Waals surface area contributed by atoms with Gasteiger partial charge in [-0.25, -0.2) is 4.79 Å². The Morgan fingerprint density at radius 1 is 1.40 bits per heavy atom. The van der Waals surface area contributed by atoms with Gasteiger partial charge in [0.1, 0.15) is 5.60 Å². The van der Waals surface area contributed by atoms with Gasteiger partial charge in [-0.1, -0.05) is 24.3 Å². The third kappa shape index (κ3) is 5.20. The number of amides is 1. The lowest BCUT2D eigenvalue weighted by molar-refractivity contribution is 0.0491. The number of nitriles is 1. The van der Waals surface area contributed by atoms with Crippen molar-refractivity contribution in [2.24, 2.45) is 5.92 Å². The minimum Gasteiger partial charge on any atom is -0.444 e. The van der Waals surface area contributed by atoms with Gasteiger partial charge in [-0.05, 0) is 50.7 Å². The number of fused-ring (bicyclic) bond motifs is 1. The monoisotopic (exact) mass is 344 g/mol. The van der Waals surface area contributed by atoms with Crippen LogP contribution in [0.3, 0.4) is 0 Å². The maximum absolute atomic E-state index is 12.3. The van der Waals surface area contributed by atoms with E-state index in [0.717, 1.165) is 12.8 Å². The Balaban J connectivity index is 2.22. The second-order valence-electron chi connectivity index (χ2n) is 7.59. The molecule has 5 nitrogen and oxygen atoms in total. The molecule has 0 saturated heterocycles. The van der Waals surface area contributed by atoms with Gasteiger partial charge in [0.05, 0.1) is 6.07 Å². The first-order valence-corrected chi connectivity index (χ1v) is 8.79. The molecule has 1 amide bonds. The number of alkyl carbamates (subject to hydrolysis) is 1. The molecule has 5 heteroatoms. The van der Waals surface area contributed by atoms with Crippen LogP contribution in [-0.2, 0) is 15.9 Å². The summed E-state index contributed by atoms with van der Waals surface area (Å²) in [4.78, 5) is 12.3. The van der Waals surface area contributed by atoms with Crippen LogP contribution < -0.4 is 5.32 Å². The van der Waals surface area contributed by atoms with Crippen molar-refractivity contribution in [3.63, 3.8) is 0 Å². The van der Waals surface area contributed by atoms with Crippen molar-refractivity contribution < 1.29 is 14.3 Å². The van der Waals surface area contributed by atoms with Gasteiger partial charge >= 0.3 is 6.09 Å². The minimum absolute atomic E-state index is 0.0672. The molecular formula is C20H28N2O3. The Hall–Kier alpha value is -2.06. The van der Waals surface area contributed by atoms with Gasteiger partial charge in [-0.2, -0.15) is 5.26 Å². The van der Waals surface area contributed by atoms with E-state index < -0.39 is 11.7 Å². The molecular weight excluding hydrogens is 316 g/mol. The molecule has 1 aliphatic carbocycles. The van der Waals surface area contributed by atoms with Gasteiger partial charge in [0.2, 0.25) is 0 Å². The number of rotatable bonds is 6. The summed E-state index contributed by atoms with van der Waals surface area (Å²) in [6, 6.07) is 10.5. The van der Waals surface area contributed by atoms with Gasteiger partial charge in [-0.15, -0.1) is 0 Å². The molecule has 0 radical (unpaired) electrons.